The first-order valence-electron chi connectivity index (χ1n) is 7.88. The maximum atomic E-state index is 12.7. The lowest BCUT2D eigenvalue weighted by atomic mass is 10.0. The second-order valence-corrected chi connectivity index (χ2v) is 5.90. The fourth-order valence-corrected chi connectivity index (χ4v) is 2.56. The van der Waals surface area contributed by atoms with Crippen molar-refractivity contribution in [3.05, 3.63) is 29.8 Å². The summed E-state index contributed by atoms with van der Waals surface area (Å²) in [6, 6.07) is 7.82. The average molecular weight is 290 g/mol. The zero-order valence-corrected chi connectivity index (χ0v) is 13.3. The SMILES string of the molecule is CCCNC(CN1CCOc2ccccc2C1=O)C(C)C. The fourth-order valence-electron chi connectivity index (χ4n) is 2.56. The van der Waals surface area contributed by atoms with Gasteiger partial charge < -0.3 is 15.0 Å². The minimum absolute atomic E-state index is 0.0760. The van der Waals surface area contributed by atoms with E-state index < -0.39 is 0 Å². The molecule has 0 fully saturated rings. The Morgan fingerprint density at radius 2 is 2.10 bits per heavy atom. The van der Waals surface area contributed by atoms with Gasteiger partial charge in [-0.05, 0) is 31.0 Å². The highest BCUT2D eigenvalue weighted by molar-refractivity contribution is 5.97. The van der Waals surface area contributed by atoms with Crippen molar-refractivity contribution < 1.29 is 9.53 Å². The van der Waals surface area contributed by atoms with E-state index >= 15 is 0 Å². The van der Waals surface area contributed by atoms with Gasteiger partial charge in [0.05, 0.1) is 12.1 Å². The van der Waals surface area contributed by atoms with Crippen LogP contribution < -0.4 is 10.1 Å². The minimum Gasteiger partial charge on any atom is -0.491 e. The first-order chi connectivity index (χ1) is 10.1. The molecule has 2 rings (SSSR count). The molecule has 0 spiro atoms. The molecule has 116 valence electrons. The summed E-state index contributed by atoms with van der Waals surface area (Å²) in [7, 11) is 0. The van der Waals surface area contributed by atoms with Crippen LogP contribution in [0.5, 0.6) is 5.75 Å². The van der Waals surface area contributed by atoms with Gasteiger partial charge in [0.25, 0.3) is 5.91 Å². The van der Waals surface area contributed by atoms with E-state index in [1.165, 1.54) is 0 Å². The van der Waals surface area contributed by atoms with Crippen molar-refractivity contribution in [3.63, 3.8) is 0 Å². The summed E-state index contributed by atoms with van der Waals surface area (Å²) in [5, 5.41) is 3.55. The van der Waals surface area contributed by atoms with Gasteiger partial charge in [0, 0.05) is 12.6 Å². The molecule has 1 heterocycles. The molecule has 1 aliphatic rings. The van der Waals surface area contributed by atoms with Crippen LogP contribution in [0.25, 0.3) is 0 Å². The van der Waals surface area contributed by atoms with Crippen molar-refractivity contribution in [1.82, 2.24) is 10.2 Å². The molecule has 0 aliphatic carbocycles. The fraction of sp³-hybridized carbons (Fsp3) is 0.588. The number of nitrogens with zero attached hydrogens (tertiary/aromatic N) is 1. The highest BCUT2D eigenvalue weighted by Gasteiger charge is 2.26. The molecule has 1 atom stereocenters. The van der Waals surface area contributed by atoms with Gasteiger partial charge in [-0.2, -0.15) is 0 Å². The number of hydrogen-bond donors (Lipinski definition) is 1. The Morgan fingerprint density at radius 1 is 1.33 bits per heavy atom. The van der Waals surface area contributed by atoms with E-state index in [9.17, 15) is 4.79 Å². The first kappa shape index (κ1) is 15.8. The van der Waals surface area contributed by atoms with Crippen LogP contribution in [0.2, 0.25) is 0 Å². The van der Waals surface area contributed by atoms with Crippen molar-refractivity contribution in [2.24, 2.45) is 5.92 Å². The zero-order chi connectivity index (χ0) is 15.2. The number of ether oxygens (including phenoxy) is 1. The van der Waals surface area contributed by atoms with Gasteiger partial charge in [-0.3, -0.25) is 4.79 Å². The van der Waals surface area contributed by atoms with Crippen molar-refractivity contribution in [2.75, 3.05) is 26.2 Å². The molecule has 4 heteroatoms. The van der Waals surface area contributed by atoms with Crippen molar-refractivity contribution >= 4 is 5.91 Å². The van der Waals surface area contributed by atoms with E-state index in [0.29, 0.717) is 36.4 Å². The Kier molecular flexibility index (Phi) is 5.62. The highest BCUT2D eigenvalue weighted by atomic mass is 16.5. The van der Waals surface area contributed by atoms with Gasteiger partial charge in [0.2, 0.25) is 0 Å². The molecule has 1 aromatic carbocycles. The Hall–Kier alpha value is -1.55. The maximum absolute atomic E-state index is 12.7. The number of carbonyl (C=O) groups is 1. The van der Waals surface area contributed by atoms with Crippen LogP contribution in [0.1, 0.15) is 37.6 Å². The molecule has 0 bridgehead atoms. The number of amides is 1. The lowest BCUT2D eigenvalue weighted by molar-refractivity contribution is 0.0726. The molecule has 0 aromatic heterocycles. The van der Waals surface area contributed by atoms with E-state index in [4.69, 9.17) is 4.74 Å². The molecule has 21 heavy (non-hydrogen) atoms. The Labute approximate surface area is 127 Å². The number of nitrogens with one attached hydrogen (secondary N) is 1. The standard InChI is InChI=1S/C17H26N2O2/c1-4-9-18-15(13(2)3)12-19-10-11-21-16-8-6-5-7-14(16)17(19)20/h5-8,13,15,18H,4,9-12H2,1-3H3. The smallest absolute Gasteiger partial charge is 0.257 e. The third kappa shape index (κ3) is 3.97. The maximum Gasteiger partial charge on any atom is 0.257 e. The van der Waals surface area contributed by atoms with Crippen LogP contribution in [-0.2, 0) is 0 Å². The third-order valence-corrected chi connectivity index (χ3v) is 3.90. The Balaban J connectivity index is 2.10. The topological polar surface area (TPSA) is 41.6 Å². The van der Waals surface area contributed by atoms with Gasteiger partial charge in [0.1, 0.15) is 12.4 Å². The molecular weight excluding hydrogens is 264 g/mol. The minimum atomic E-state index is 0.0760. The van der Waals surface area contributed by atoms with Crippen LogP contribution in [0, 0.1) is 5.92 Å². The lowest BCUT2D eigenvalue weighted by Gasteiger charge is -2.29. The first-order valence-corrected chi connectivity index (χ1v) is 7.88. The molecule has 4 nitrogen and oxygen atoms in total. The summed E-state index contributed by atoms with van der Waals surface area (Å²) in [6.45, 7) is 9.46. The summed E-state index contributed by atoms with van der Waals surface area (Å²) in [6.07, 6.45) is 1.10. The molecular formula is C17H26N2O2. The van der Waals surface area contributed by atoms with Crippen LogP contribution in [0.15, 0.2) is 24.3 Å². The Morgan fingerprint density at radius 3 is 2.81 bits per heavy atom. The normalized spacial score (nSPS) is 16.4. The number of para-hydroxylation sites is 1. The molecule has 1 amide bonds. The second-order valence-electron chi connectivity index (χ2n) is 5.90. The lowest BCUT2D eigenvalue weighted by Crippen LogP contribution is -2.47. The third-order valence-electron chi connectivity index (χ3n) is 3.90. The van der Waals surface area contributed by atoms with E-state index in [0.717, 1.165) is 19.5 Å². The van der Waals surface area contributed by atoms with Gasteiger partial charge in [-0.1, -0.05) is 32.9 Å². The molecule has 1 aromatic rings. The van der Waals surface area contributed by atoms with E-state index in [-0.39, 0.29) is 5.91 Å². The van der Waals surface area contributed by atoms with Gasteiger partial charge in [-0.25, -0.2) is 0 Å². The largest absolute Gasteiger partial charge is 0.491 e. The summed E-state index contributed by atoms with van der Waals surface area (Å²) in [5.41, 5.74) is 0.674. The number of rotatable bonds is 6. The van der Waals surface area contributed by atoms with Crippen LogP contribution >= 0.6 is 0 Å². The van der Waals surface area contributed by atoms with E-state index in [1.54, 1.807) is 0 Å². The number of hydrogen-bond acceptors (Lipinski definition) is 3. The molecule has 1 aliphatic heterocycles. The molecule has 1 N–H and O–H groups in total. The monoisotopic (exact) mass is 290 g/mol. The molecule has 0 saturated carbocycles. The number of benzene rings is 1. The van der Waals surface area contributed by atoms with Crippen LogP contribution in [0.4, 0.5) is 0 Å². The molecule has 1 unspecified atom stereocenters. The van der Waals surface area contributed by atoms with Gasteiger partial charge >= 0.3 is 0 Å². The predicted molar refractivity (Wildman–Crippen MR) is 84.8 cm³/mol. The van der Waals surface area contributed by atoms with E-state index in [2.05, 4.69) is 26.1 Å². The highest BCUT2D eigenvalue weighted by Crippen LogP contribution is 2.22. The van der Waals surface area contributed by atoms with Crippen molar-refractivity contribution in [3.8, 4) is 5.75 Å². The van der Waals surface area contributed by atoms with Gasteiger partial charge in [0.15, 0.2) is 0 Å². The zero-order valence-electron chi connectivity index (χ0n) is 13.3. The summed E-state index contributed by atoms with van der Waals surface area (Å²) in [5.74, 6) is 1.27. The average Bonchev–Trinajstić information content (AvgIpc) is 2.63. The predicted octanol–water partition coefficient (Wildman–Crippen LogP) is 2.55. The van der Waals surface area contributed by atoms with Crippen molar-refractivity contribution in [2.45, 2.75) is 33.2 Å². The summed E-state index contributed by atoms with van der Waals surface area (Å²) >= 11 is 0. The second kappa shape index (κ2) is 7.46. The summed E-state index contributed by atoms with van der Waals surface area (Å²) < 4.78 is 5.69. The van der Waals surface area contributed by atoms with Gasteiger partial charge in [-0.15, -0.1) is 0 Å². The quantitative estimate of drug-likeness (QED) is 0.875. The molecule has 0 radical (unpaired) electrons. The molecule has 0 saturated heterocycles. The number of fused-ring (bicyclic) bond motifs is 1. The number of carbonyl (C=O) groups excluding carboxylic acids is 1. The van der Waals surface area contributed by atoms with Crippen molar-refractivity contribution in [1.29, 1.82) is 0 Å². The Bertz CT molecular complexity index is 474. The van der Waals surface area contributed by atoms with Crippen LogP contribution in [0.3, 0.4) is 0 Å². The van der Waals surface area contributed by atoms with Crippen LogP contribution in [-0.4, -0.2) is 43.1 Å². The van der Waals surface area contributed by atoms with E-state index in [1.807, 2.05) is 29.2 Å². The summed E-state index contributed by atoms with van der Waals surface area (Å²) in [4.78, 5) is 14.6.